The minimum absolute atomic E-state index is 0.0164. The van der Waals surface area contributed by atoms with Crippen LogP contribution in [0.1, 0.15) is 80.4 Å². The molecule has 2 aromatic rings. The molecule has 0 saturated heterocycles. The van der Waals surface area contributed by atoms with Gasteiger partial charge in [-0.1, -0.05) is 20.8 Å². The summed E-state index contributed by atoms with van der Waals surface area (Å²) in [6.07, 6.45) is 4.24. The zero-order chi connectivity index (χ0) is 19.7. The summed E-state index contributed by atoms with van der Waals surface area (Å²) in [5.41, 5.74) is 0.702. The van der Waals surface area contributed by atoms with E-state index < -0.39 is 0 Å². The Balaban J connectivity index is 1.57. The maximum Gasteiger partial charge on any atom is 0.254 e. The van der Waals surface area contributed by atoms with Crippen molar-refractivity contribution in [1.82, 2.24) is 19.7 Å². The van der Waals surface area contributed by atoms with Gasteiger partial charge in [-0.25, -0.2) is 9.67 Å². The molecule has 1 aromatic carbocycles. The van der Waals surface area contributed by atoms with Gasteiger partial charge in [0.2, 0.25) is 0 Å². The van der Waals surface area contributed by atoms with Gasteiger partial charge in [-0.3, -0.25) is 4.79 Å². The van der Waals surface area contributed by atoms with Gasteiger partial charge in [-0.2, -0.15) is 5.10 Å². The molecule has 1 saturated carbocycles. The van der Waals surface area contributed by atoms with Gasteiger partial charge >= 0.3 is 0 Å². The average Bonchev–Trinajstić information content (AvgIpc) is 3.45. The Labute approximate surface area is 166 Å². The van der Waals surface area contributed by atoms with Gasteiger partial charge < -0.3 is 9.64 Å². The van der Waals surface area contributed by atoms with Crippen LogP contribution in [-0.2, 0) is 6.54 Å². The maximum atomic E-state index is 13.3. The molecule has 6 heteroatoms. The van der Waals surface area contributed by atoms with E-state index in [1.54, 1.807) is 0 Å². The van der Waals surface area contributed by atoms with Gasteiger partial charge in [0, 0.05) is 18.0 Å². The largest absolute Gasteiger partial charge is 0.494 e. The number of fused-ring (bicyclic) bond motifs is 1. The molecule has 0 bridgehead atoms. The first kappa shape index (κ1) is 19.0. The summed E-state index contributed by atoms with van der Waals surface area (Å²) in [6.45, 7) is 8.54. The summed E-state index contributed by atoms with van der Waals surface area (Å²) in [5.74, 6) is 3.79. The van der Waals surface area contributed by atoms with Crippen LogP contribution in [0.3, 0.4) is 0 Å². The molecule has 1 aliphatic carbocycles. The molecule has 4 rings (SSSR count). The average molecular weight is 383 g/mol. The molecule has 28 heavy (non-hydrogen) atoms. The summed E-state index contributed by atoms with van der Waals surface area (Å²) >= 11 is 0. The van der Waals surface area contributed by atoms with Gasteiger partial charge in [0.15, 0.2) is 5.82 Å². The second-order valence-electron chi connectivity index (χ2n) is 8.34. The second-order valence-corrected chi connectivity index (χ2v) is 8.34. The molecular formula is C22H30N4O2. The Hall–Kier alpha value is -2.37. The predicted molar refractivity (Wildman–Crippen MR) is 107 cm³/mol. The fourth-order valence-corrected chi connectivity index (χ4v) is 3.80. The quantitative estimate of drug-likeness (QED) is 0.720. The zero-order valence-corrected chi connectivity index (χ0v) is 17.1. The third-order valence-electron chi connectivity index (χ3n) is 5.42. The summed E-state index contributed by atoms with van der Waals surface area (Å²) in [4.78, 5) is 20.2. The Morgan fingerprint density at radius 2 is 1.96 bits per heavy atom. The predicted octanol–water partition coefficient (Wildman–Crippen LogP) is 4.19. The van der Waals surface area contributed by atoms with Crippen LogP contribution < -0.4 is 4.74 Å². The maximum absolute atomic E-state index is 13.3. The van der Waals surface area contributed by atoms with Crippen LogP contribution in [0.2, 0.25) is 0 Å². The minimum Gasteiger partial charge on any atom is -0.494 e. The first-order valence-electron chi connectivity index (χ1n) is 10.5. The Bertz CT molecular complexity index is 824. The van der Waals surface area contributed by atoms with E-state index in [2.05, 4.69) is 20.8 Å². The van der Waals surface area contributed by atoms with Crippen molar-refractivity contribution < 1.29 is 9.53 Å². The number of aromatic nitrogens is 3. The van der Waals surface area contributed by atoms with Crippen LogP contribution >= 0.6 is 0 Å². The van der Waals surface area contributed by atoms with E-state index in [-0.39, 0.29) is 11.9 Å². The molecule has 0 spiro atoms. The number of benzene rings is 1. The fourth-order valence-electron chi connectivity index (χ4n) is 3.80. The number of hydrogen-bond donors (Lipinski definition) is 0. The molecule has 2 aliphatic rings. The van der Waals surface area contributed by atoms with Crippen LogP contribution in [0.15, 0.2) is 24.3 Å². The molecule has 1 amide bonds. The van der Waals surface area contributed by atoms with Gasteiger partial charge in [0.05, 0.1) is 19.2 Å². The number of carbonyl (C=O) groups excluding carboxylic acids is 1. The van der Waals surface area contributed by atoms with Crippen LogP contribution in [-0.4, -0.2) is 38.7 Å². The highest BCUT2D eigenvalue weighted by atomic mass is 16.5. The molecule has 0 N–H and O–H groups in total. The monoisotopic (exact) mass is 382 g/mol. The van der Waals surface area contributed by atoms with Crippen LogP contribution in [0.4, 0.5) is 0 Å². The van der Waals surface area contributed by atoms with Gasteiger partial charge in [-0.05, 0) is 55.9 Å². The molecule has 0 radical (unpaired) electrons. The molecule has 1 aliphatic heterocycles. The SMILES string of the molecule is CCCOc1ccc(C(=O)N2CCn3nc(C4CC4)nc3[C@@H]2CC(C)C)cc1. The summed E-state index contributed by atoms with van der Waals surface area (Å²) in [7, 11) is 0. The Kier molecular flexibility index (Phi) is 5.38. The van der Waals surface area contributed by atoms with Gasteiger partial charge in [-0.15, -0.1) is 0 Å². The van der Waals surface area contributed by atoms with Crippen LogP contribution in [0.5, 0.6) is 5.75 Å². The molecule has 6 nitrogen and oxygen atoms in total. The lowest BCUT2D eigenvalue weighted by molar-refractivity contribution is 0.0578. The third kappa shape index (κ3) is 3.91. The molecule has 150 valence electrons. The topological polar surface area (TPSA) is 60.2 Å². The Morgan fingerprint density at radius 1 is 1.21 bits per heavy atom. The molecular weight excluding hydrogens is 352 g/mol. The summed E-state index contributed by atoms with van der Waals surface area (Å²) in [6, 6.07) is 7.50. The fraction of sp³-hybridized carbons (Fsp3) is 0.591. The number of ether oxygens (including phenoxy) is 1. The van der Waals surface area contributed by atoms with Crippen molar-refractivity contribution in [2.75, 3.05) is 13.2 Å². The third-order valence-corrected chi connectivity index (χ3v) is 5.42. The molecule has 0 unspecified atom stereocenters. The molecule has 2 heterocycles. The number of rotatable bonds is 7. The number of nitrogens with zero attached hydrogens (tertiary/aromatic N) is 4. The van der Waals surface area contributed by atoms with E-state index in [1.807, 2.05) is 33.8 Å². The molecule has 1 fully saturated rings. The highest BCUT2D eigenvalue weighted by Crippen LogP contribution is 2.40. The second kappa shape index (κ2) is 7.94. The highest BCUT2D eigenvalue weighted by molar-refractivity contribution is 5.94. The van der Waals surface area contributed by atoms with Crippen molar-refractivity contribution in [1.29, 1.82) is 0 Å². The lowest BCUT2D eigenvalue weighted by Crippen LogP contribution is -2.43. The van der Waals surface area contributed by atoms with Crippen molar-refractivity contribution in [3.63, 3.8) is 0 Å². The van der Waals surface area contributed by atoms with Crippen molar-refractivity contribution in [2.45, 2.75) is 65.0 Å². The number of amides is 1. The first-order valence-corrected chi connectivity index (χ1v) is 10.5. The number of carbonyl (C=O) groups is 1. The van der Waals surface area contributed by atoms with Gasteiger partial charge in [0.25, 0.3) is 5.91 Å². The lowest BCUT2D eigenvalue weighted by Gasteiger charge is -2.36. The van der Waals surface area contributed by atoms with Crippen LogP contribution in [0, 0.1) is 5.92 Å². The van der Waals surface area contributed by atoms with Gasteiger partial charge in [0.1, 0.15) is 11.6 Å². The number of hydrogen-bond acceptors (Lipinski definition) is 4. The molecule has 1 aromatic heterocycles. The van der Waals surface area contributed by atoms with E-state index in [1.165, 1.54) is 12.8 Å². The normalized spacial score (nSPS) is 19.0. The Morgan fingerprint density at radius 3 is 2.61 bits per heavy atom. The van der Waals surface area contributed by atoms with E-state index in [9.17, 15) is 4.79 Å². The molecule has 1 atom stereocenters. The van der Waals surface area contributed by atoms with E-state index in [4.69, 9.17) is 14.8 Å². The lowest BCUT2D eigenvalue weighted by atomic mass is 9.99. The first-order chi connectivity index (χ1) is 13.6. The highest BCUT2D eigenvalue weighted by Gasteiger charge is 2.37. The van der Waals surface area contributed by atoms with Crippen molar-refractivity contribution >= 4 is 5.91 Å². The van der Waals surface area contributed by atoms with Crippen molar-refractivity contribution in [3.8, 4) is 5.75 Å². The standard InChI is InChI=1S/C22H30N4O2/c1-4-13-28-18-9-7-17(8-10-18)22(27)25-11-12-26-21(19(25)14-15(2)3)23-20(24-26)16-5-6-16/h7-10,15-16,19H,4-6,11-14H2,1-3H3/t19-/m0/s1. The van der Waals surface area contributed by atoms with Crippen molar-refractivity contribution in [3.05, 3.63) is 41.5 Å². The zero-order valence-electron chi connectivity index (χ0n) is 17.1. The smallest absolute Gasteiger partial charge is 0.254 e. The summed E-state index contributed by atoms with van der Waals surface area (Å²) in [5, 5.41) is 4.73. The van der Waals surface area contributed by atoms with E-state index in [0.29, 0.717) is 37.1 Å². The van der Waals surface area contributed by atoms with Crippen molar-refractivity contribution in [2.24, 2.45) is 5.92 Å². The minimum atomic E-state index is -0.0164. The van der Waals surface area contributed by atoms with E-state index in [0.717, 1.165) is 30.2 Å². The van der Waals surface area contributed by atoms with E-state index >= 15 is 0 Å². The van der Waals surface area contributed by atoms with Crippen LogP contribution in [0.25, 0.3) is 0 Å². The summed E-state index contributed by atoms with van der Waals surface area (Å²) < 4.78 is 7.67.